The molecule has 0 aliphatic heterocycles. The summed E-state index contributed by atoms with van der Waals surface area (Å²) in [6.07, 6.45) is 1.85. The van der Waals surface area contributed by atoms with E-state index in [-0.39, 0.29) is 0 Å². The van der Waals surface area contributed by atoms with Crippen molar-refractivity contribution in [3.63, 3.8) is 0 Å². The van der Waals surface area contributed by atoms with Crippen molar-refractivity contribution in [1.29, 1.82) is 0 Å². The first-order chi connectivity index (χ1) is 6.70. The van der Waals surface area contributed by atoms with E-state index < -0.39 is 0 Å². The highest BCUT2D eigenvalue weighted by Gasteiger charge is 2.07. The molecule has 0 amide bonds. The Labute approximate surface area is 83.2 Å². The van der Waals surface area contributed by atoms with Crippen molar-refractivity contribution in [3.05, 3.63) is 36.2 Å². The number of benzene rings is 1. The maximum Gasteiger partial charge on any atom is 0.0571 e. The van der Waals surface area contributed by atoms with E-state index in [1.54, 1.807) is 0 Å². The van der Waals surface area contributed by atoms with Gasteiger partial charge in [0.25, 0.3) is 0 Å². The normalized spacial score (nSPS) is 10.4. The molecular weight excluding hydrogens is 174 g/mol. The van der Waals surface area contributed by atoms with Crippen molar-refractivity contribution in [1.82, 2.24) is 9.78 Å². The number of aryl methyl sites for hydroxylation is 1. The van der Waals surface area contributed by atoms with Crippen molar-refractivity contribution in [2.45, 2.75) is 6.92 Å². The van der Waals surface area contributed by atoms with Crippen LogP contribution in [0.4, 0.5) is 5.69 Å². The Kier molecular flexibility index (Phi) is 2.00. The predicted octanol–water partition coefficient (Wildman–Crippen LogP) is 1.98. The van der Waals surface area contributed by atoms with Gasteiger partial charge in [-0.1, -0.05) is 18.2 Å². The molecule has 2 N–H and O–H groups in total. The molecule has 2 rings (SSSR count). The first-order valence-electron chi connectivity index (χ1n) is 4.53. The molecule has 0 saturated carbocycles. The van der Waals surface area contributed by atoms with Gasteiger partial charge >= 0.3 is 0 Å². The van der Waals surface area contributed by atoms with Gasteiger partial charge < -0.3 is 5.73 Å². The number of rotatable bonds is 1. The van der Waals surface area contributed by atoms with E-state index in [4.69, 9.17) is 5.73 Å². The molecule has 3 heteroatoms. The molecule has 14 heavy (non-hydrogen) atoms. The summed E-state index contributed by atoms with van der Waals surface area (Å²) in [7, 11) is 1.93. The maximum atomic E-state index is 5.89. The molecule has 0 aliphatic rings. The maximum absolute atomic E-state index is 5.89. The van der Waals surface area contributed by atoms with Gasteiger partial charge in [0.2, 0.25) is 0 Å². The van der Waals surface area contributed by atoms with Crippen LogP contribution in [0.15, 0.2) is 30.5 Å². The predicted molar refractivity (Wildman–Crippen MR) is 57.8 cm³/mol. The average Bonchev–Trinajstić information content (AvgIpc) is 2.49. The van der Waals surface area contributed by atoms with Gasteiger partial charge in [0.05, 0.1) is 6.20 Å². The summed E-state index contributed by atoms with van der Waals surface area (Å²) in [6, 6.07) is 7.84. The largest absolute Gasteiger partial charge is 0.398 e. The summed E-state index contributed by atoms with van der Waals surface area (Å²) in [5.74, 6) is 0. The highest BCUT2D eigenvalue weighted by molar-refractivity contribution is 5.77. The fourth-order valence-electron chi connectivity index (χ4n) is 1.51. The smallest absolute Gasteiger partial charge is 0.0571 e. The van der Waals surface area contributed by atoms with Crippen molar-refractivity contribution < 1.29 is 0 Å². The lowest BCUT2D eigenvalue weighted by Gasteiger charge is -2.04. The molecule has 72 valence electrons. The number of anilines is 1. The van der Waals surface area contributed by atoms with E-state index in [9.17, 15) is 0 Å². The minimum Gasteiger partial charge on any atom is -0.398 e. The van der Waals surface area contributed by atoms with E-state index in [1.165, 1.54) is 0 Å². The van der Waals surface area contributed by atoms with Gasteiger partial charge in [0.1, 0.15) is 0 Å². The van der Waals surface area contributed by atoms with Crippen LogP contribution in [0.3, 0.4) is 0 Å². The zero-order valence-corrected chi connectivity index (χ0v) is 8.36. The second-order valence-corrected chi connectivity index (χ2v) is 3.35. The summed E-state index contributed by atoms with van der Waals surface area (Å²) in [5.41, 5.74) is 9.97. The highest BCUT2D eigenvalue weighted by atomic mass is 15.3. The van der Waals surface area contributed by atoms with Gasteiger partial charge in [0, 0.05) is 29.6 Å². The zero-order chi connectivity index (χ0) is 10.1. The van der Waals surface area contributed by atoms with Crippen LogP contribution in [0.1, 0.15) is 5.69 Å². The van der Waals surface area contributed by atoms with Crippen molar-refractivity contribution in [3.8, 4) is 11.1 Å². The third-order valence-corrected chi connectivity index (χ3v) is 2.49. The second-order valence-electron chi connectivity index (χ2n) is 3.35. The molecule has 2 aromatic rings. The quantitative estimate of drug-likeness (QED) is 0.694. The molecule has 0 unspecified atom stereocenters. The lowest BCUT2D eigenvalue weighted by molar-refractivity contribution is 0.740. The van der Waals surface area contributed by atoms with Crippen molar-refractivity contribution >= 4 is 5.69 Å². The standard InChI is InChI=1S/C11H13N3/c1-8-10(7-13-14(8)2)9-5-3-4-6-11(9)12/h3-7H,12H2,1-2H3. The summed E-state index contributed by atoms with van der Waals surface area (Å²) in [4.78, 5) is 0. The van der Waals surface area contributed by atoms with Gasteiger partial charge in [-0.2, -0.15) is 5.10 Å². The number of nitrogen functional groups attached to an aromatic ring is 1. The summed E-state index contributed by atoms with van der Waals surface area (Å²) < 4.78 is 1.85. The van der Waals surface area contributed by atoms with Crippen LogP contribution in [-0.2, 0) is 7.05 Å². The van der Waals surface area contributed by atoms with Crippen LogP contribution >= 0.6 is 0 Å². The number of aromatic nitrogens is 2. The van der Waals surface area contributed by atoms with E-state index in [0.717, 1.165) is 22.5 Å². The van der Waals surface area contributed by atoms with Crippen LogP contribution in [0, 0.1) is 6.92 Å². The molecule has 1 heterocycles. The van der Waals surface area contributed by atoms with Gasteiger partial charge in [0.15, 0.2) is 0 Å². The van der Waals surface area contributed by atoms with E-state index in [2.05, 4.69) is 5.10 Å². The third-order valence-electron chi connectivity index (χ3n) is 2.49. The number of nitrogens with zero attached hydrogens (tertiary/aromatic N) is 2. The Morgan fingerprint density at radius 3 is 2.50 bits per heavy atom. The minimum atomic E-state index is 0.795. The van der Waals surface area contributed by atoms with Crippen LogP contribution in [0.5, 0.6) is 0 Å². The monoisotopic (exact) mass is 187 g/mol. The minimum absolute atomic E-state index is 0.795. The molecule has 0 atom stereocenters. The molecule has 0 spiro atoms. The molecule has 0 bridgehead atoms. The van der Waals surface area contributed by atoms with Crippen molar-refractivity contribution in [2.24, 2.45) is 7.05 Å². The molecule has 0 fully saturated rings. The molecule has 3 nitrogen and oxygen atoms in total. The first kappa shape index (κ1) is 8.81. The molecule has 0 aliphatic carbocycles. The van der Waals surface area contributed by atoms with Gasteiger partial charge in [-0.05, 0) is 13.0 Å². The second kappa shape index (κ2) is 3.18. The summed E-state index contributed by atoms with van der Waals surface area (Å²) in [6.45, 7) is 2.04. The number of hydrogen-bond donors (Lipinski definition) is 1. The molecule has 1 aromatic carbocycles. The SMILES string of the molecule is Cc1c(-c2ccccc2N)cnn1C. The van der Waals surface area contributed by atoms with Crippen LogP contribution in [0.25, 0.3) is 11.1 Å². The van der Waals surface area contributed by atoms with Crippen molar-refractivity contribution in [2.75, 3.05) is 5.73 Å². The average molecular weight is 187 g/mol. The summed E-state index contributed by atoms with van der Waals surface area (Å²) >= 11 is 0. The molecule has 1 aromatic heterocycles. The van der Waals surface area contributed by atoms with E-state index >= 15 is 0 Å². The molecular formula is C11H13N3. The Bertz CT molecular complexity index is 457. The molecule has 0 saturated heterocycles. The fraction of sp³-hybridized carbons (Fsp3) is 0.182. The van der Waals surface area contributed by atoms with Gasteiger partial charge in [-0.15, -0.1) is 0 Å². The summed E-state index contributed by atoms with van der Waals surface area (Å²) in [5, 5.41) is 4.19. The van der Waals surface area contributed by atoms with E-state index in [1.807, 2.05) is 49.1 Å². The zero-order valence-electron chi connectivity index (χ0n) is 8.36. The number of para-hydroxylation sites is 1. The fourth-order valence-corrected chi connectivity index (χ4v) is 1.51. The number of nitrogens with two attached hydrogens (primary N) is 1. The third kappa shape index (κ3) is 1.27. The topological polar surface area (TPSA) is 43.8 Å². The highest BCUT2D eigenvalue weighted by Crippen LogP contribution is 2.27. The van der Waals surface area contributed by atoms with Crippen LogP contribution in [0.2, 0.25) is 0 Å². The number of hydrogen-bond acceptors (Lipinski definition) is 2. The Balaban J connectivity index is 2.60. The van der Waals surface area contributed by atoms with E-state index in [0.29, 0.717) is 0 Å². The lowest BCUT2D eigenvalue weighted by Crippen LogP contribution is -1.94. The Morgan fingerprint density at radius 2 is 1.93 bits per heavy atom. The molecule has 0 radical (unpaired) electrons. The first-order valence-corrected chi connectivity index (χ1v) is 4.53. The Morgan fingerprint density at radius 1 is 1.21 bits per heavy atom. The Hall–Kier alpha value is -1.77. The van der Waals surface area contributed by atoms with Crippen LogP contribution < -0.4 is 5.73 Å². The van der Waals surface area contributed by atoms with Gasteiger partial charge in [-0.3, -0.25) is 4.68 Å². The van der Waals surface area contributed by atoms with Gasteiger partial charge in [-0.25, -0.2) is 0 Å². The van der Waals surface area contributed by atoms with Crippen LogP contribution in [-0.4, -0.2) is 9.78 Å². The lowest BCUT2D eigenvalue weighted by atomic mass is 10.1.